The summed E-state index contributed by atoms with van der Waals surface area (Å²) >= 11 is 0. The summed E-state index contributed by atoms with van der Waals surface area (Å²) < 4.78 is 13.3. The fraction of sp³-hybridized carbons (Fsp3) is 0.429. The number of nitrogens with zero attached hydrogens (tertiary/aromatic N) is 3. The molecule has 2 amide bonds. The summed E-state index contributed by atoms with van der Waals surface area (Å²) in [5, 5.41) is 8.59. The van der Waals surface area contributed by atoms with E-state index in [1.807, 2.05) is 6.07 Å². The largest absolute Gasteiger partial charge is 0.321 e. The molecule has 0 saturated carbocycles. The fourth-order valence-electron chi connectivity index (χ4n) is 2.34. The van der Waals surface area contributed by atoms with Crippen molar-refractivity contribution in [3.8, 4) is 6.07 Å². The topological polar surface area (TPSA) is 47.3 Å². The second-order valence-electron chi connectivity index (χ2n) is 4.77. The zero-order chi connectivity index (χ0) is 14.0. The molecule has 19 heavy (non-hydrogen) atoms. The lowest BCUT2D eigenvalue weighted by molar-refractivity contribution is 0.196. The van der Waals surface area contributed by atoms with E-state index in [-0.39, 0.29) is 17.9 Å². The average Bonchev–Trinajstić information content (AvgIpc) is 2.67. The summed E-state index contributed by atoms with van der Waals surface area (Å²) in [6.45, 7) is 2.70. The maximum Gasteiger partial charge on any atom is 0.320 e. The van der Waals surface area contributed by atoms with E-state index >= 15 is 0 Å². The van der Waals surface area contributed by atoms with Crippen molar-refractivity contribution in [1.29, 1.82) is 5.26 Å². The van der Waals surface area contributed by atoms with Crippen LogP contribution < -0.4 is 0 Å². The first-order valence-electron chi connectivity index (χ1n) is 6.19. The number of rotatable bonds is 3. The summed E-state index contributed by atoms with van der Waals surface area (Å²) in [5.74, 6) is -0.239. The van der Waals surface area contributed by atoms with Gasteiger partial charge in [0, 0.05) is 20.1 Å². The molecule has 0 aliphatic carbocycles. The SMILES string of the molecule is Cc1cc(C2CN(CCC#N)C(=O)N2C)ccc1F. The number of hydrogen-bond donors (Lipinski definition) is 0. The van der Waals surface area contributed by atoms with Gasteiger partial charge in [-0.05, 0) is 24.1 Å². The van der Waals surface area contributed by atoms with Crippen LogP contribution in [-0.2, 0) is 0 Å². The molecular formula is C14H16FN3O. The van der Waals surface area contributed by atoms with E-state index in [0.29, 0.717) is 25.1 Å². The van der Waals surface area contributed by atoms with Crippen LogP contribution in [0.15, 0.2) is 18.2 Å². The molecular weight excluding hydrogens is 245 g/mol. The Morgan fingerprint density at radius 1 is 1.53 bits per heavy atom. The molecule has 1 heterocycles. The van der Waals surface area contributed by atoms with Gasteiger partial charge in [0.1, 0.15) is 5.82 Å². The fourth-order valence-corrected chi connectivity index (χ4v) is 2.34. The Hall–Kier alpha value is -2.09. The van der Waals surface area contributed by atoms with Gasteiger partial charge in [0.05, 0.1) is 18.5 Å². The van der Waals surface area contributed by atoms with Crippen molar-refractivity contribution in [2.24, 2.45) is 0 Å². The van der Waals surface area contributed by atoms with Crippen LogP contribution in [0, 0.1) is 24.1 Å². The van der Waals surface area contributed by atoms with Crippen molar-refractivity contribution < 1.29 is 9.18 Å². The number of halogens is 1. The lowest BCUT2D eigenvalue weighted by Gasteiger charge is -2.18. The summed E-state index contributed by atoms with van der Waals surface area (Å²) in [6, 6.07) is 6.80. The third kappa shape index (κ3) is 2.53. The van der Waals surface area contributed by atoms with Gasteiger partial charge >= 0.3 is 6.03 Å². The number of carbonyl (C=O) groups is 1. The Morgan fingerprint density at radius 2 is 2.26 bits per heavy atom. The molecule has 0 N–H and O–H groups in total. The minimum Gasteiger partial charge on any atom is -0.321 e. The Labute approximate surface area is 112 Å². The summed E-state index contributed by atoms with van der Waals surface area (Å²) in [5.41, 5.74) is 1.50. The molecule has 0 bridgehead atoms. The van der Waals surface area contributed by atoms with Crippen molar-refractivity contribution in [3.63, 3.8) is 0 Å². The summed E-state index contributed by atoms with van der Waals surface area (Å²) in [4.78, 5) is 15.3. The first kappa shape index (κ1) is 13.3. The highest BCUT2D eigenvalue weighted by molar-refractivity contribution is 5.77. The van der Waals surface area contributed by atoms with Crippen molar-refractivity contribution in [2.45, 2.75) is 19.4 Å². The number of urea groups is 1. The monoisotopic (exact) mass is 261 g/mol. The lowest BCUT2D eigenvalue weighted by atomic mass is 10.0. The molecule has 0 aromatic heterocycles. The minimum absolute atomic E-state index is 0.0782. The predicted molar refractivity (Wildman–Crippen MR) is 68.8 cm³/mol. The Morgan fingerprint density at radius 3 is 2.89 bits per heavy atom. The van der Waals surface area contributed by atoms with Crippen LogP contribution in [0.5, 0.6) is 0 Å². The van der Waals surface area contributed by atoms with E-state index < -0.39 is 0 Å². The number of benzene rings is 1. The molecule has 1 aliphatic rings. The van der Waals surface area contributed by atoms with Crippen LogP contribution in [0.2, 0.25) is 0 Å². The van der Waals surface area contributed by atoms with Crippen molar-refractivity contribution >= 4 is 6.03 Å². The number of hydrogen-bond acceptors (Lipinski definition) is 2. The zero-order valence-corrected chi connectivity index (χ0v) is 11.1. The molecule has 0 radical (unpaired) electrons. The maximum absolute atomic E-state index is 13.3. The summed E-state index contributed by atoms with van der Waals surface area (Å²) in [6.07, 6.45) is 0.328. The van der Waals surface area contributed by atoms with Gasteiger partial charge in [-0.3, -0.25) is 0 Å². The third-order valence-corrected chi connectivity index (χ3v) is 3.49. The molecule has 1 aromatic rings. The highest BCUT2D eigenvalue weighted by Crippen LogP contribution is 2.29. The molecule has 1 unspecified atom stereocenters. The molecule has 1 aliphatic heterocycles. The van der Waals surface area contributed by atoms with Crippen molar-refractivity contribution in [2.75, 3.05) is 20.1 Å². The number of amides is 2. The Kier molecular flexibility index (Phi) is 3.70. The quantitative estimate of drug-likeness (QED) is 0.839. The zero-order valence-electron chi connectivity index (χ0n) is 11.1. The van der Waals surface area contributed by atoms with Gasteiger partial charge < -0.3 is 9.80 Å². The molecule has 0 spiro atoms. The minimum atomic E-state index is -0.239. The highest BCUT2D eigenvalue weighted by Gasteiger charge is 2.35. The van der Waals surface area contributed by atoms with E-state index in [9.17, 15) is 9.18 Å². The number of aryl methyl sites for hydroxylation is 1. The normalized spacial score (nSPS) is 18.8. The average molecular weight is 261 g/mol. The van der Waals surface area contributed by atoms with Crippen molar-refractivity contribution in [3.05, 3.63) is 35.1 Å². The van der Waals surface area contributed by atoms with Crippen LogP contribution in [0.1, 0.15) is 23.6 Å². The highest BCUT2D eigenvalue weighted by atomic mass is 19.1. The van der Waals surface area contributed by atoms with Crippen LogP contribution in [0.25, 0.3) is 0 Å². The molecule has 1 atom stereocenters. The first-order valence-corrected chi connectivity index (χ1v) is 6.19. The van der Waals surface area contributed by atoms with E-state index in [1.165, 1.54) is 6.07 Å². The van der Waals surface area contributed by atoms with Crippen LogP contribution in [0.4, 0.5) is 9.18 Å². The smallest absolute Gasteiger partial charge is 0.320 e. The molecule has 1 fully saturated rings. The Balaban J connectivity index is 2.19. The van der Waals surface area contributed by atoms with Gasteiger partial charge in [-0.2, -0.15) is 5.26 Å². The molecule has 1 aromatic carbocycles. The van der Waals surface area contributed by atoms with Gasteiger partial charge in [-0.25, -0.2) is 9.18 Å². The second-order valence-corrected chi connectivity index (χ2v) is 4.77. The van der Waals surface area contributed by atoms with Gasteiger partial charge in [0.2, 0.25) is 0 Å². The number of nitriles is 1. The maximum atomic E-state index is 13.3. The molecule has 1 saturated heterocycles. The van der Waals surface area contributed by atoms with Gasteiger partial charge in [0.25, 0.3) is 0 Å². The second kappa shape index (κ2) is 5.27. The van der Waals surface area contributed by atoms with E-state index in [2.05, 4.69) is 0 Å². The predicted octanol–water partition coefficient (Wildman–Crippen LogP) is 2.46. The molecule has 100 valence electrons. The molecule has 4 nitrogen and oxygen atoms in total. The lowest BCUT2D eigenvalue weighted by Crippen LogP contribution is -2.30. The standard InChI is InChI=1S/C14H16FN3O/c1-10-8-11(4-5-12(10)15)13-9-18(7-3-6-16)14(19)17(13)2/h4-5,8,13H,3,7,9H2,1-2H3. The van der Waals surface area contributed by atoms with Crippen LogP contribution in [-0.4, -0.2) is 36.0 Å². The summed E-state index contributed by atoms with van der Waals surface area (Å²) in [7, 11) is 1.73. The number of likely N-dealkylation sites (N-methyl/N-ethyl adjacent to an activating group) is 1. The molecule has 5 heteroatoms. The van der Waals surface area contributed by atoms with Crippen LogP contribution >= 0.6 is 0 Å². The van der Waals surface area contributed by atoms with Crippen LogP contribution in [0.3, 0.4) is 0 Å². The van der Waals surface area contributed by atoms with E-state index in [4.69, 9.17) is 5.26 Å². The van der Waals surface area contributed by atoms with Gasteiger partial charge in [0.15, 0.2) is 0 Å². The third-order valence-electron chi connectivity index (χ3n) is 3.49. The van der Waals surface area contributed by atoms with Gasteiger partial charge in [-0.1, -0.05) is 12.1 Å². The Bertz CT molecular complexity index is 538. The first-order chi connectivity index (χ1) is 9.04. The van der Waals surface area contributed by atoms with Gasteiger partial charge in [-0.15, -0.1) is 0 Å². The van der Waals surface area contributed by atoms with E-state index in [0.717, 1.165) is 5.56 Å². The van der Waals surface area contributed by atoms with Crippen molar-refractivity contribution in [1.82, 2.24) is 9.80 Å². The number of carbonyl (C=O) groups excluding carboxylic acids is 1. The van der Waals surface area contributed by atoms with E-state index in [1.54, 1.807) is 35.9 Å². The molecule has 2 rings (SSSR count).